The van der Waals surface area contributed by atoms with Crippen molar-refractivity contribution in [2.75, 3.05) is 5.73 Å². The molecule has 1 aromatic heterocycles. The second-order valence-corrected chi connectivity index (χ2v) is 12.9. The quantitative estimate of drug-likeness (QED) is 0.0482. The summed E-state index contributed by atoms with van der Waals surface area (Å²) in [7, 11) is 0. The van der Waals surface area contributed by atoms with Gasteiger partial charge in [0.15, 0.2) is 5.78 Å². The monoisotopic (exact) mass is 692 g/mol. The molecule has 0 bridgehead atoms. The van der Waals surface area contributed by atoms with Crippen LogP contribution in [0.2, 0.25) is 0 Å². The maximum absolute atomic E-state index is 13.8. The number of rotatable bonds is 16. The van der Waals surface area contributed by atoms with E-state index in [1.807, 2.05) is 0 Å². The van der Waals surface area contributed by atoms with Crippen LogP contribution in [-0.4, -0.2) is 58.7 Å². The van der Waals surface area contributed by atoms with E-state index in [0.717, 1.165) is 0 Å². The number of carbonyl (C=O) groups is 6. The molecule has 0 spiro atoms. The summed E-state index contributed by atoms with van der Waals surface area (Å²) >= 11 is 0. The maximum Gasteiger partial charge on any atom is 0.397 e. The smallest absolute Gasteiger partial charge is 0.397 e. The highest BCUT2D eigenvalue weighted by atomic mass is 16.5. The molecule has 3 atom stereocenters. The van der Waals surface area contributed by atoms with E-state index >= 15 is 0 Å². The number of ketones is 1. The van der Waals surface area contributed by atoms with Gasteiger partial charge >= 0.3 is 23.5 Å². The topological polar surface area (TPSA) is 224 Å². The first kappa shape index (κ1) is 38.9. The fourth-order valence-corrected chi connectivity index (χ4v) is 5.32. The number of benzene rings is 2. The molecule has 14 nitrogen and oxygen atoms in total. The Hall–Kier alpha value is -5.53. The van der Waals surface area contributed by atoms with Crippen LogP contribution in [0.5, 0.6) is 0 Å². The number of ether oxygens (including phenoxy) is 1. The van der Waals surface area contributed by atoms with E-state index in [0.29, 0.717) is 16.6 Å². The van der Waals surface area contributed by atoms with Crippen molar-refractivity contribution in [3.05, 3.63) is 75.6 Å². The molecular weight excluding hydrogens is 648 g/mol. The summed E-state index contributed by atoms with van der Waals surface area (Å²) in [6.07, 6.45) is -0.674. The number of carbonyl (C=O) groups excluding carboxylic acids is 5. The lowest BCUT2D eigenvalue weighted by atomic mass is 9.95. The molecule has 0 saturated carbocycles. The largest absolute Gasteiger partial charge is 0.481 e. The normalized spacial score (nSPS) is 12.9. The molecule has 3 amide bonds. The summed E-state index contributed by atoms with van der Waals surface area (Å²) in [6, 6.07) is 9.36. The van der Waals surface area contributed by atoms with Crippen molar-refractivity contribution in [2.45, 2.75) is 85.0 Å². The lowest BCUT2D eigenvalue weighted by molar-refractivity contribution is -0.156. The Balaban J connectivity index is 1.83. The number of hydrogen-bond donors (Lipinski definition) is 5. The minimum absolute atomic E-state index is 0.0947. The SMILES string of the molecule is Cc1c(C(=O)[C@H](CCC(=O)O)NC(=O)[C@H](CC(C)C)NC(=O)[C@H](CC(C)C)NC(=O)C(=O)OCc2ccccc2)c(=O)oc2cc(N)ccc12. The summed E-state index contributed by atoms with van der Waals surface area (Å²) in [5.41, 5.74) is 5.87. The van der Waals surface area contributed by atoms with Crippen molar-refractivity contribution in [2.24, 2.45) is 11.8 Å². The molecule has 0 aliphatic heterocycles. The molecular formula is C36H44N4O10. The number of hydrogen-bond acceptors (Lipinski definition) is 10. The fraction of sp³-hybridized carbons (Fsp3) is 0.417. The number of aliphatic carboxylic acids is 1. The second kappa shape index (κ2) is 17.7. The fourth-order valence-electron chi connectivity index (χ4n) is 5.32. The van der Waals surface area contributed by atoms with E-state index in [1.54, 1.807) is 70.2 Å². The minimum atomic E-state index is -1.47. The molecule has 50 heavy (non-hydrogen) atoms. The summed E-state index contributed by atoms with van der Waals surface area (Å²) in [5.74, 6) is -6.27. The summed E-state index contributed by atoms with van der Waals surface area (Å²) in [5, 5.41) is 17.3. The predicted molar refractivity (Wildman–Crippen MR) is 184 cm³/mol. The van der Waals surface area contributed by atoms with Crippen LogP contribution in [-0.2, 0) is 35.3 Å². The van der Waals surface area contributed by atoms with E-state index in [4.69, 9.17) is 14.9 Å². The zero-order valence-electron chi connectivity index (χ0n) is 28.7. The van der Waals surface area contributed by atoms with Gasteiger partial charge in [0.1, 0.15) is 29.8 Å². The highest BCUT2D eigenvalue weighted by Gasteiger charge is 2.33. The number of nitrogens with two attached hydrogens (primary N) is 1. The number of nitrogens with one attached hydrogen (secondary N) is 3. The summed E-state index contributed by atoms with van der Waals surface area (Å²) in [6.45, 7) is 8.58. The van der Waals surface area contributed by atoms with Gasteiger partial charge in [-0.05, 0) is 61.3 Å². The minimum Gasteiger partial charge on any atom is -0.481 e. The van der Waals surface area contributed by atoms with Crippen molar-refractivity contribution in [1.82, 2.24) is 16.0 Å². The summed E-state index contributed by atoms with van der Waals surface area (Å²) in [4.78, 5) is 90.7. The molecule has 3 aromatic rings. The van der Waals surface area contributed by atoms with Gasteiger partial charge in [0.05, 0.1) is 6.04 Å². The Morgan fingerprint density at radius 2 is 1.42 bits per heavy atom. The first-order valence-electron chi connectivity index (χ1n) is 16.3. The molecule has 2 aromatic carbocycles. The number of nitrogen functional groups attached to an aromatic ring is 1. The zero-order valence-corrected chi connectivity index (χ0v) is 28.7. The van der Waals surface area contributed by atoms with Crippen LogP contribution in [0.25, 0.3) is 11.0 Å². The molecule has 268 valence electrons. The van der Waals surface area contributed by atoms with Gasteiger partial charge in [0.2, 0.25) is 11.8 Å². The Morgan fingerprint density at radius 1 is 0.840 bits per heavy atom. The molecule has 0 radical (unpaired) electrons. The van der Waals surface area contributed by atoms with Gasteiger partial charge in [-0.3, -0.25) is 24.0 Å². The van der Waals surface area contributed by atoms with Crippen LogP contribution in [0.1, 0.15) is 74.9 Å². The van der Waals surface area contributed by atoms with Gasteiger partial charge in [-0.15, -0.1) is 0 Å². The molecule has 0 aliphatic rings. The van der Waals surface area contributed by atoms with Crippen LogP contribution in [0.4, 0.5) is 5.69 Å². The third kappa shape index (κ3) is 11.0. The third-order valence-corrected chi connectivity index (χ3v) is 7.78. The van der Waals surface area contributed by atoms with E-state index in [-0.39, 0.29) is 54.4 Å². The first-order chi connectivity index (χ1) is 23.6. The molecule has 6 N–H and O–H groups in total. The lowest BCUT2D eigenvalue weighted by Gasteiger charge is -2.26. The van der Waals surface area contributed by atoms with E-state index in [9.17, 15) is 38.7 Å². The van der Waals surface area contributed by atoms with Crippen molar-refractivity contribution in [3.8, 4) is 0 Å². The van der Waals surface area contributed by atoms with Crippen LogP contribution < -0.4 is 27.3 Å². The van der Waals surface area contributed by atoms with E-state index < -0.39 is 65.6 Å². The molecule has 0 saturated heterocycles. The van der Waals surface area contributed by atoms with Crippen LogP contribution >= 0.6 is 0 Å². The molecule has 0 fully saturated rings. The van der Waals surface area contributed by atoms with Crippen molar-refractivity contribution in [3.63, 3.8) is 0 Å². The standard InChI is InChI=1S/C36H44N4O10/c1-19(2)15-26(39-33(45)27(16-20(3)4)40-34(46)36(48)49-18-22-9-7-6-8-10-22)32(44)38-25(13-14-29(41)42)31(43)30-21(5)24-12-11-23(37)17-28(24)50-35(30)47/h6-12,17,19-20,25-27H,13-16,18,37H2,1-5H3,(H,38,44)(H,39,45)(H,40,46)(H,41,42)/t25-,26-,27-/m0/s1. The first-order valence-corrected chi connectivity index (χ1v) is 16.3. The average Bonchev–Trinajstić information content (AvgIpc) is 3.04. The zero-order chi connectivity index (χ0) is 37.1. The van der Waals surface area contributed by atoms with E-state index in [2.05, 4.69) is 16.0 Å². The molecule has 14 heteroatoms. The lowest BCUT2D eigenvalue weighted by Crippen LogP contribution is -2.57. The number of carboxylic acids is 1. The maximum atomic E-state index is 13.8. The number of carboxylic acid groups (broad SMARTS) is 1. The van der Waals surface area contributed by atoms with Gasteiger partial charge in [0.25, 0.3) is 0 Å². The number of Topliss-reactive ketones (excluding diaryl/α,β-unsaturated/α-hetero) is 1. The number of anilines is 1. The number of aryl methyl sites for hydroxylation is 1. The van der Waals surface area contributed by atoms with Crippen LogP contribution in [0, 0.1) is 18.8 Å². The van der Waals surface area contributed by atoms with Gasteiger partial charge in [-0.25, -0.2) is 9.59 Å². The van der Waals surface area contributed by atoms with Crippen LogP contribution in [0.15, 0.2) is 57.7 Å². The average molecular weight is 693 g/mol. The highest BCUT2D eigenvalue weighted by Crippen LogP contribution is 2.23. The Kier molecular flexibility index (Phi) is 13.8. The second-order valence-electron chi connectivity index (χ2n) is 12.9. The van der Waals surface area contributed by atoms with E-state index in [1.165, 1.54) is 13.0 Å². The number of fused-ring (bicyclic) bond motifs is 1. The van der Waals surface area contributed by atoms with Gasteiger partial charge in [-0.1, -0.05) is 58.0 Å². The molecule has 0 aliphatic carbocycles. The third-order valence-electron chi connectivity index (χ3n) is 7.78. The molecule has 3 rings (SSSR count). The Labute approximate surface area is 289 Å². The van der Waals surface area contributed by atoms with Crippen LogP contribution in [0.3, 0.4) is 0 Å². The Morgan fingerprint density at radius 3 is 2.00 bits per heavy atom. The Bertz CT molecular complexity index is 1780. The highest BCUT2D eigenvalue weighted by molar-refractivity contribution is 6.32. The number of amides is 3. The molecule has 1 heterocycles. The van der Waals surface area contributed by atoms with Gasteiger partial charge in [0, 0.05) is 23.6 Å². The molecule has 0 unspecified atom stereocenters. The van der Waals surface area contributed by atoms with Gasteiger partial charge in [-0.2, -0.15) is 0 Å². The summed E-state index contributed by atoms with van der Waals surface area (Å²) < 4.78 is 10.4. The van der Waals surface area contributed by atoms with Gasteiger partial charge < -0.3 is 35.9 Å². The van der Waals surface area contributed by atoms with Crippen molar-refractivity contribution >= 4 is 52.1 Å². The number of esters is 1. The van der Waals surface area contributed by atoms with Crippen molar-refractivity contribution < 1.29 is 43.0 Å². The van der Waals surface area contributed by atoms with Crippen molar-refractivity contribution in [1.29, 1.82) is 0 Å². The predicted octanol–water partition coefficient (Wildman–Crippen LogP) is 3.02.